The Hall–Kier alpha value is -2.42. The number of amides is 1. The van der Waals surface area contributed by atoms with E-state index in [1.165, 1.54) is 0 Å². The van der Waals surface area contributed by atoms with E-state index in [2.05, 4.69) is 15.6 Å². The first-order valence-corrected chi connectivity index (χ1v) is 13.3. The Bertz CT molecular complexity index is 1040. The number of aryl methyl sites for hydroxylation is 1. The summed E-state index contributed by atoms with van der Waals surface area (Å²) in [6, 6.07) is 6.44. The van der Waals surface area contributed by atoms with E-state index in [1.54, 1.807) is 25.2 Å². The van der Waals surface area contributed by atoms with Crippen LogP contribution in [0.2, 0.25) is 0 Å². The van der Waals surface area contributed by atoms with Crippen molar-refractivity contribution in [3.63, 3.8) is 0 Å². The Labute approximate surface area is 211 Å². The van der Waals surface area contributed by atoms with E-state index >= 15 is 0 Å². The zero-order valence-corrected chi connectivity index (χ0v) is 22.2. The van der Waals surface area contributed by atoms with Crippen LogP contribution in [0.4, 0.5) is 0 Å². The number of hydrogen-bond donors (Lipinski definition) is 3. The number of rotatable bonds is 10. The number of benzene rings is 1. The first-order chi connectivity index (χ1) is 16.6. The van der Waals surface area contributed by atoms with E-state index < -0.39 is 35.3 Å². The van der Waals surface area contributed by atoms with Gasteiger partial charge >= 0.3 is 0 Å². The highest BCUT2D eigenvalue weighted by molar-refractivity contribution is 7.13. The second-order valence-corrected chi connectivity index (χ2v) is 10.5. The van der Waals surface area contributed by atoms with Crippen molar-refractivity contribution in [2.24, 2.45) is 17.3 Å². The van der Waals surface area contributed by atoms with Gasteiger partial charge in [0, 0.05) is 18.4 Å². The van der Waals surface area contributed by atoms with Crippen LogP contribution in [0.5, 0.6) is 0 Å². The number of aromatic nitrogens is 1. The molecule has 4 unspecified atom stereocenters. The fourth-order valence-electron chi connectivity index (χ4n) is 4.85. The summed E-state index contributed by atoms with van der Waals surface area (Å²) in [5.74, 6) is -2.08. The van der Waals surface area contributed by atoms with Crippen LogP contribution in [-0.2, 0) is 14.4 Å². The molecule has 3 N–H and O–H groups in total. The number of aliphatic hydroxyl groups is 1. The number of carbonyl (C=O) groups excluding carboxylic acids is 3. The van der Waals surface area contributed by atoms with Crippen molar-refractivity contribution in [3.8, 4) is 10.4 Å². The maximum absolute atomic E-state index is 13.6. The summed E-state index contributed by atoms with van der Waals surface area (Å²) in [4.78, 5) is 46.2. The number of nitrogens with one attached hydrogen (secondary N) is 2. The van der Waals surface area contributed by atoms with Crippen molar-refractivity contribution in [1.82, 2.24) is 15.6 Å². The van der Waals surface area contributed by atoms with Crippen molar-refractivity contribution >= 4 is 28.8 Å². The minimum absolute atomic E-state index is 0.0136. The summed E-state index contributed by atoms with van der Waals surface area (Å²) in [6.45, 7) is 11.1. The first-order valence-electron chi connectivity index (χ1n) is 12.4. The quantitative estimate of drug-likeness (QED) is 0.429. The van der Waals surface area contributed by atoms with Crippen LogP contribution in [0.25, 0.3) is 10.4 Å². The van der Waals surface area contributed by atoms with Crippen LogP contribution in [0, 0.1) is 24.2 Å². The third kappa shape index (κ3) is 4.97. The fraction of sp³-hybridized carbons (Fsp3) is 0.556. The lowest BCUT2D eigenvalue weighted by Gasteiger charge is -2.37. The number of aliphatic hydroxyl groups excluding tert-OH is 1. The monoisotopic (exact) mass is 499 g/mol. The number of hydrogen-bond acceptors (Lipinski definition) is 7. The lowest BCUT2D eigenvalue weighted by atomic mass is 9.64. The molecule has 190 valence electrons. The van der Waals surface area contributed by atoms with Crippen molar-refractivity contribution in [2.75, 3.05) is 6.54 Å². The second kappa shape index (κ2) is 11.1. The molecule has 2 aromatic rings. The van der Waals surface area contributed by atoms with Gasteiger partial charge in [0.25, 0.3) is 0 Å². The molecular formula is C27H37N3O4S. The molecule has 1 aromatic heterocycles. The molecule has 8 heteroatoms. The Kier molecular flexibility index (Phi) is 8.62. The average Bonchev–Trinajstić information content (AvgIpc) is 3.45. The van der Waals surface area contributed by atoms with Crippen molar-refractivity contribution in [3.05, 3.63) is 41.0 Å². The van der Waals surface area contributed by atoms with E-state index in [0.29, 0.717) is 12.8 Å². The minimum Gasteiger partial charge on any atom is -0.390 e. The van der Waals surface area contributed by atoms with Crippen LogP contribution in [-0.4, -0.2) is 46.3 Å². The van der Waals surface area contributed by atoms with E-state index in [0.717, 1.165) is 21.7 Å². The molecule has 3 rings (SSSR count). The predicted molar refractivity (Wildman–Crippen MR) is 138 cm³/mol. The molecule has 1 aliphatic heterocycles. The maximum Gasteiger partial charge on any atom is 0.239 e. The smallest absolute Gasteiger partial charge is 0.239 e. The van der Waals surface area contributed by atoms with Gasteiger partial charge in [0.1, 0.15) is 11.5 Å². The van der Waals surface area contributed by atoms with E-state index in [4.69, 9.17) is 0 Å². The number of β-amino-alcohol motifs (C(OH)–C–C–N with tert-alkyl or cyclic N) is 1. The van der Waals surface area contributed by atoms with Gasteiger partial charge in [0.2, 0.25) is 5.91 Å². The van der Waals surface area contributed by atoms with E-state index in [9.17, 15) is 19.5 Å². The molecule has 35 heavy (non-hydrogen) atoms. The van der Waals surface area contributed by atoms with Gasteiger partial charge in [-0.1, -0.05) is 52.0 Å². The third-order valence-electron chi connectivity index (χ3n) is 7.47. The topological polar surface area (TPSA) is 108 Å². The molecule has 0 aliphatic carbocycles. The summed E-state index contributed by atoms with van der Waals surface area (Å²) >= 11 is 1.58. The lowest BCUT2D eigenvalue weighted by Crippen LogP contribution is -2.61. The van der Waals surface area contributed by atoms with Gasteiger partial charge < -0.3 is 15.7 Å². The summed E-state index contributed by atoms with van der Waals surface area (Å²) in [5, 5.41) is 17.0. The molecule has 2 heterocycles. The van der Waals surface area contributed by atoms with Crippen LogP contribution < -0.4 is 10.6 Å². The highest BCUT2D eigenvalue weighted by atomic mass is 32.1. The third-order valence-corrected chi connectivity index (χ3v) is 8.45. The van der Waals surface area contributed by atoms with E-state index in [-0.39, 0.29) is 24.2 Å². The summed E-state index contributed by atoms with van der Waals surface area (Å²) in [5.41, 5.74) is 2.96. The molecule has 0 saturated carbocycles. The first kappa shape index (κ1) is 27.2. The maximum atomic E-state index is 13.6. The number of Topliss-reactive ketones (excluding diaryl/α,β-unsaturated/α-hetero) is 2. The summed E-state index contributed by atoms with van der Waals surface area (Å²) in [7, 11) is 0. The molecule has 7 nitrogen and oxygen atoms in total. The Morgan fingerprint density at radius 2 is 1.69 bits per heavy atom. The van der Waals surface area contributed by atoms with Crippen molar-refractivity contribution < 1.29 is 19.5 Å². The van der Waals surface area contributed by atoms with Crippen molar-refractivity contribution in [2.45, 2.75) is 72.6 Å². The predicted octanol–water partition coefficient (Wildman–Crippen LogP) is 3.85. The van der Waals surface area contributed by atoms with Crippen LogP contribution in [0.15, 0.2) is 29.8 Å². The van der Waals surface area contributed by atoms with Gasteiger partial charge in [-0.3, -0.25) is 14.4 Å². The number of nitrogens with zero attached hydrogens (tertiary/aromatic N) is 1. The van der Waals surface area contributed by atoms with Gasteiger partial charge in [-0.25, -0.2) is 4.98 Å². The molecule has 1 fully saturated rings. The van der Waals surface area contributed by atoms with E-state index in [1.807, 2.05) is 57.5 Å². The second-order valence-electron chi connectivity index (χ2n) is 9.69. The Morgan fingerprint density at radius 3 is 2.17 bits per heavy atom. The molecule has 1 aromatic carbocycles. The molecule has 1 aliphatic rings. The molecular weight excluding hydrogens is 462 g/mol. The SMILES string of the molecule is CCC(C)C(=O)C1(C(=O)C(C)CC)C(O)CNC1C(=O)N[C@@H](C)c1ccc(-c2scnc2C)cc1. The van der Waals surface area contributed by atoms with Gasteiger partial charge in [-0.15, -0.1) is 11.3 Å². The molecule has 0 radical (unpaired) electrons. The number of carbonyl (C=O) groups is 3. The molecule has 0 bridgehead atoms. The largest absolute Gasteiger partial charge is 0.390 e. The molecule has 1 amide bonds. The zero-order valence-electron chi connectivity index (χ0n) is 21.4. The van der Waals surface area contributed by atoms with Gasteiger partial charge in [0.15, 0.2) is 11.6 Å². The molecule has 1 saturated heterocycles. The number of ketones is 2. The Balaban J connectivity index is 1.87. The standard InChI is InChI=1S/C27H37N3O4S/c1-7-15(3)24(32)27(25(33)16(4)8-2)21(31)13-28-23(27)26(34)30-17(5)19-9-11-20(12-10-19)22-18(6)29-14-35-22/h9-12,14-17,21,23,28,31H,7-8,13H2,1-6H3,(H,30,34)/t15?,16?,17-,21?,23?,27?/m0/s1. The average molecular weight is 500 g/mol. The van der Waals surface area contributed by atoms with Crippen LogP contribution >= 0.6 is 11.3 Å². The van der Waals surface area contributed by atoms with Crippen molar-refractivity contribution in [1.29, 1.82) is 0 Å². The summed E-state index contributed by atoms with van der Waals surface area (Å²) in [6.07, 6.45) is -0.201. The summed E-state index contributed by atoms with van der Waals surface area (Å²) < 4.78 is 0. The number of thiazole rings is 1. The minimum atomic E-state index is -1.79. The highest BCUT2D eigenvalue weighted by Crippen LogP contribution is 2.40. The molecule has 5 atom stereocenters. The molecule has 0 spiro atoms. The van der Waals surface area contributed by atoms with Gasteiger partial charge in [0.05, 0.1) is 28.2 Å². The van der Waals surface area contributed by atoms with Crippen LogP contribution in [0.3, 0.4) is 0 Å². The van der Waals surface area contributed by atoms with Gasteiger partial charge in [-0.2, -0.15) is 0 Å². The lowest BCUT2D eigenvalue weighted by molar-refractivity contribution is -0.156. The van der Waals surface area contributed by atoms with Gasteiger partial charge in [-0.05, 0) is 37.8 Å². The highest BCUT2D eigenvalue weighted by Gasteiger charge is 2.63. The fourth-order valence-corrected chi connectivity index (χ4v) is 5.66. The zero-order chi connectivity index (χ0) is 25.9. The Morgan fingerprint density at radius 1 is 1.11 bits per heavy atom. The normalized spacial score (nSPS) is 24.5. The van der Waals surface area contributed by atoms with Crippen LogP contribution in [0.1, 0.15) is 64.8 Å².